The zero-order valence-corrected chi connectivity index (χ0v) is 14.8. The smallest absolute Gasteiger partial charge is 0.146 e. The highest BCUT2D eigenvalue weighted by Gasteiger charge is 2.47. The lowest BCUT2D eigenvalue weighted by Crippen LogP contribution is -2.26. The Kier molecular flexibility index (Phi) is 4.84. The van der Waals surface area contributed by atoms with E-state index in [0.29, 0.717) is 11.8 Å². The maximum atomic E-state index is 11.6. The Bertz CT molecular complexity index is 579. The Hall–Kier alpha value is -0.930. The van der Waals surface area contributed by atoms with E-state index >= 15 is 0 Å². The van der Waals surface area contributed by atoms with E-state index in [1.807, 2.05) is 12.1 Å². The molecule has 1 aromatic carbocycles. The Morgan fingerprint density at radius 3 is 2.82 bits per heavy atom. The van der Waals surface area contributed by atoms with Crippen LogP contribution >= 0.6 is 15.9 Å². The molecule has 0 radical (unpaired) electrons. The summed E-state index contributed by atoms with van der Waals surface area (Å²) >= 11 is 3.65. The van der Waals surface area contributed by atoms with Gasteiger partial charge in [-0.25, -0.2) is 0 Å². The lowest BCUT2D eigenvalue weighted by molar-refractivity contribution is -0.105. The fourth-order valence-corrected chi connectivity index (χ4v) is 4.50. The molecule has 3 rings (SSSR count). The van der Waals surface area contributed by atoms with Crippen LogP contribution in [0.25, 0.3) is 0 Å². The summed E-state index contributed by atoms with van der Waals surface area (Å²) in [7, 11) is 0. The number of ether oxygens (including phenoxy) is 1. The Balaban J connectivity index is 1.98. The van der Waals surface area contributed by atoms with Gasteiger partial charge in [0.25, 0.3) is 0 Å². The van der Waals surface area contributed by atoms with Crippen molar-refractivity contribution >= 4 is 22.2 Å². The molecule has 118 valence electrons. The van der Waals surface area contributed by atoms with Crippen molar-refractivity contribution in [2.75, 3.05) is 0 Å². The van der Waals surface area contributed by atoms with Crippen molar-refractivity contribution in [2.24, 2.45) is 17.8 Å². The molecule has 1 fully saturated rings. The van der Waals surface area contributed by atoms with Crippen molar-refractivity contribution in [3.05, 3.63) is 46.0 Å². The van der Waals surface area contributed by atoms with Crippen LogP contribution in [-0.4, -0.2) is 12.4 Å². The van der Waals surface area contributed by atoms with Crippen molar-refractivity contribution in [1.82, 2.24) is 0 Å². The highest BCUT2D eigenvalue weighted by atomic mass is 79.9. The largest absolute Gasteiger partial charge is 0.369 e. The van der Waals surface area contributed by atoms with Crippen molar-refractivity contribution in [1.29, 1.82) is 0 Å². The molecule has 0 amide bonds. The van der Waals surface area contributed by atoms with E-state index in [9.17, 15) is 4.79 Å². The van der Waals surface area contributed by atoms with Gasteiger partial charge in [-0.3, -0.25) is 4.79 Å². The molecular weight excluding hydrogens is 340 g/mol. The summed E-state index contributed by atoms with van der Waals surface area (Å²) in [5, 5.41) is 0. The van der Waals surface area contributed by atoms with Crippen LogP contribution in [0.3, 0.4) is 0 Å². The molecule has 1 aliphatic heterocycles. The molecule has 1 aromatic rings. The van der Waals surface area contributed by atoms with Crippen molar-refractivity contribution in [2.45, 2.75) is 45.3 Å². The van der Waals surface area contributed by atoms with Gasteiger partial charge in [0, 0.05) is 10.4 Å². The molecule has 0 unspecified atom stereocenters. The lowest BCUT2D eigenvalue weighted by atomic mass is 9.73. The van der Waals surface area contributed by atoms with Gasteiger partial charge in [0.15, 0.2) is 0 Å². The average molecular weight is 363 g/mol. The zero-order chi connectivity index (χ0) is 15.7. The summed E-state index contributed by atoms with van der Waals surface area (Å²) in [4.78, 5) is 11.6. The number of carbonyl (C=O) groups excluding carboxylic acids is 1. The summed E-state index contributed by atoms with van der Waals surface area (Å²) in [5.74, 6) is 1.27. The van der Waals surface area contributed by atoms with E-state index in [1.165, 1.54) is 5.56 Å². The van der Waals surface area contributed by atoms with Crippen molar-refractivity contribution in [3.8, 4) is 0 Å². The molecule has 2 nitrogen and oxygen atoms in total. The molecule has 0 N–H and O–H groups in total. The fraction of sp³-hybridized carbons (Fsp3) is 0.526. The molecule has 1 aliphatic carbocycles. The number of hydrogen-bond acceptors (Lipinski definition) is 2. The Labute approximate surface area is 141 Å². The monoisotopic (exact) mass is 362 g/mol. The number of carbonyl (C=O) groups is 1. The minimum atomic E-state index is -0.0129. The predicted molar refractivity (Wildman–Crippen MR) is 91.6 cm³/mol. The van der Waals surface area contributed by atoms with Gasteiger partial charge in [-0.2, -0.15) is 0 Å². The van der Waals surface area contributed by atoms with Crippen LogP contribution in [0.15, 0.2) is 40.4 Å². The third-order valence-corrected chi connectivity index (χ3v) is 5.63. The summed E-state index contributed by atoms with van der Waals surface area (Å²) in [5.41, 5.74) is 2.10. The van der Waals surface area contributed by atoms with Crippen LogP contribution < -0.4 is 0 Å². The van der Waals surface area contributed by atoms with Gasteiger partial charge in [-0.1, -0.05) is 54.1 Å². The molecule has 1 saturated heterocycles. The van der Waals surface area contributed by atoms with E-state index in [2.05, 4.69) is 48.0 Å². The maximum absolute atomic E-state index is 11.6. The van der Waals surface area contributed by atoms with Crippen LogP contribution in [0, 0.1) is 17.8 Å². The van der Waals surface area contributed by atoms with E-state index in [0.717, 1.165) is 35.6 Å². The van der Waals surface area contributed by atoms with Gasteiger partial charge in [-0.15, -0.1) is 0 Å². The highest BCUT2D eigenvalue weighted by Crippen LogP contribution is 2.52. The van der Waals surface area contributed by atoms with Gasteiger partial charge in [-0.05, 0) is 48.3 Å². The molecule has 0 spiro atoms. The topological polar surface area (TPSA) is 26.3 Å². The molecule has 4 atom stereocenters. The summed E-state index contributed by atoms with van der Waals surface area (Å²) < 4.78 is 7.56. The van der Waals surface area contributed by atoms with E-state index < -0.39 is 0 Å². The van der Waals surface area contributed by atoms with Gasteiger partial charge in [0.1, 0.15) is 6.29 Å². The first-order valence-corrected chi connectivity index (χ1v) is 8.96. The van der Waals surface area contributed by atoms with E-state index in [4.69, 9.17) is 4.74 Å². The maximum Gasteiger partial charge on any atom is 0.146 e. The number of benzene rings is 1. The highest BCUT2D eigenvalue weighted by molar-refractivity contribution is 9.10. The normalized spacial score (nSPS) is 31.0. The van der Waals surface area contributed by atoms with Crippen molar-refractivity contribution in [3.63, 3.8) is 0 Å². The van der Waals surface area contributed by atoms with Crippen molar-refractivity contribution < 1.29 is 9.53 Å². The number of allylic oxidation sites excluding steroid dienone is 1. The second-order valence-corrected chi connectivity index (χ2v) is 7.69. The summed E-state index contributed by atoms with van der Waals surface area (Å²) in [6.45, 7) is 4.48. The second-order valence-electron chi connectivity index (χ2n) is 6.84. The number of fused-ring (bicyclic) bond motifs is 1. The quantitative estimate of drug-likeness (QED) is 0.697. The number of halogens is 1. The molecule has 0 saturated carbocycles. The second kappa shape index (κ2) is 6.67. The predicted octanol–water partition coefficient (Wildman–Crippen LogP) is 5.09. The first kappa shape index (κ1) is 15.9. The van der Waals surface area contributed by atoms with Gasteiger partial charge >= 0.3 is 0 Å². The Morgan fingerprint density at radius 2 is 2.14 bits per heavy atom. The summed E-state index contributed by atoms with van der Waals surface area (Å²) in [6.07, 6.45) is 6.58. The number of rotatable bonds is 4. The molecule has 1 heterocycles. The Morgan fingerprint density at radius 1 is 1.36 bits per heavy atom. The zero-order valence-electron chi connectivity index (χ0n) is 13.2. The van der Waals surface area contributed by atoms with Gasteiger partial charge < -0.3 is 4.74 Å². The third kappa shape index (κ3) is 2.93. The van der Waals surface area contributed by atoms with E-state index in [1.54, 1.807) is 0 Å². The molecule has 3 heteroatoms. The minimum Gasteiger partial charge on any atom is -0.369 e. The molecule has 0 aromatic heterocycles. The van der Waals surface area contributed by atoms with Crippen LogP contribution in [0.4, 0.5) is 0 Å². The lowest BCUT2D eigenvalue weighted by Gasteiger charge is -2.28. The molecule has 2 aliphatic rings. The first-order chi connectivity index (χ1) is 10.6. The number of aldehydes is 1. The third-order valence-electron chi connectivity index (χ3n) is 4.90. The van der Waals surface area contributed by atoms with E-state index in [-0.39, 0.29) is 18.1 Å². The minimum absolute atomic E-state index is 0.0129. The summed E-state index contributed by atoms with van der Waals surface area (Å²) in [6, 6.07) is 8.22. The standard InChI is InChI=1S/C19H23BrO2/c1-12(2)10-17-15-8-5-6-13(11-21)18(15)19(22-17)14-7-3-4-9-16(14)20/h3-4,6-7,9,11-12,15,17-19H,5,8,10H2,1-2H3/t15-,17+,18-,19-/m1/s1. The molecule has 0 bridgehead atoms. The first-order valence-electron chi connectivity index (χ1n) is 8.17. The van der Waals surface area contributed by atoms with Crippen LogP contribution in [0.2, 0.25) is 0 Å². The van der Waals surface area contributed by atoms with Crippen LogP contribution in [0.1, 0.15) is 44.8 Å². The number of hydrogen-bond donors (Lipinski definition) is 0. The van der Waals surface area contributed by atoms with Gasteiger partial charge in [0.2, 0.25) is 0 Å². The van der Waals surface area contributed by atoms with Gasteiger partial charge in [0.05, 0.1) is 12.2 Å². The van der Waals surface area contributed by atoms with Crippen LogP contribution in [0.5, 0.6) is 0 Å². The molecule has 22 heavy (non-hydrogen) atoms. The SMILES string of the molecule is CC(C)C[C@@H]1O[C@H](c2ccccc2Br)[C@@H]2C(C=O)=CCC[C@@H]21. The van der Waals surface area contributed by atoms with Crippen LogP contribution in [-0.2, 0) is 9.53 Å². The molecular formula is C19H23BrO2. The average Bonchev–Trinajstić information content (AvgIpc) is 2.86. The fourth-order valence-electron chi connectivity index (χ4n) is 3.99.